The number of ether oxygens (including phenoxy) is 1. The fourth-order valence-corrected chi connectivity index (χ4v) is 2.42. The van der Waals surface area contributed by atoms with Crippen molar-refractivity contribution in [3.63, 3.8) is 0 Å². The van der Waals surface area contributed by atoms with Crippen molar-refractivity contribution in [2.45, 2.75) is 45.3 Å². The van der Waals surface area contributed by atoms with Gasteiger partial charge in [-0.3, -0.25) is 0 Å². The van der Waals surface area contributed by atoms with Gasteiger partial charge in [-0.2, -0.15) is 0 Å². The zero-order valence-corrected chi connectivity index (χ0v) is 11.8. The fourth-order valence-electron chi connectivity index (χ4n) is 2.42. The van der Waals surface area contributed by atoms with E-state index in [2.05, 4.69) is 0 Å². The summed E-state index contributed by atoms with van der Waals surface area (Å²) < 4.78 is 5.46. The van der Waals surface area contributed by atoms with Crippen LogP contribution in [0.3, 0.4) is 0 Å². The predicted molar refractivity (Wildman–Crippen MR) is 75.8 cm³/mol. The summed E-state index contributed by atoms with van der Waals surface area (Å²) in [4.78, 5) is 14.0. The van der Waals surface area contributed by atoms with Crippen LogP contribution in [0.15, 0.2) is 24.3 Å². The maximum Gasteiger partial charge on any atom is 0.410 e. The monoisotopic (exact) mass is 262 g/mol. The lowest BCUT2D eigenvalue weighted by atomic mass is 10.0. The number of hydrogen-bond acceptors (Lipinski definition) is 3. The first-order valence-corrected chi connectivity index (χ1v) is 6.72. The lowest BCUT2D eigenvalue weighted by Crippen LogP contribution is -2.36. The number of rotatable bonds is 1. The third-order valence-corrected chi connectivity index (χ3v) is 3.18. The Kier molecular flexibility index (Phi) is 3.69. The zero-order chi connectivity index (χ0) is 14.0. The molecule has 2 N–H and O–H groups in total. The van der Waals surface area contributed by atoms with Crippen molar-refractivity contribution in [3.8, 4) is 0 Å². The molecule has 19 heavy (non-hydrogen) atoms. The molecule has 1 aromatic carbocycles. The highest BCUT2D eigenvalue weighted by Crippen LogP contribution is 2.33. The number of carbonyl (C=O) groups is 1. The molecule has 1 unspecified atom stereocenters. The average molecular weight is 262 g/mol. The highest BCUT2D eigenvalue weighted by Gasteiger charge is 2.33. The molecule has 1 heterocycles. The minimum absolute atomic E-state index is 0.0818. The van der Waals surface area contributed by atoms with Crippen LogP contribution in [0.5, 0.6) is 0 Å². The molecule has 0 spiro atoms. The molecule has 4 heteroatoms. The lowest BCUT2D eigenvalue weighted by Gasteiger charge is -2.29. The van der Waals surface area contributed by atoms with Gasteiger partial charge in [-0.25, -0.2) is 4.79 Å². The highest BCUT2D eigenvalue weighted by molar-refractivity contribution is 5.69. The van der Waals surface area contributed by atoms with Crippen molar-refractivity contribution in [2.24, 2.45) is 0 Å². The van der Waals surface area contributed by atoms with Crippen molar-refractivity contribution < 1.29 is 9.53 Å². The van der Waals surface area contributed by atoms with Crippen LogP contribution in [-0.4, -0.2) is 23.1 Å². The standard InChI is InChI=1S/C15H22N2O2/c1-15(2,3)19-14(18)17-9-5-8-13(17)11-6-4-7-12(16)10-11/h4,6-7,10,13H,5,8-9,16H2,1-3H3. The van der Waals surface area contributed by atoms with Gasteiger partial charge in [0.2, 0.25) is 0 Å². The van der Waals surface area contributed by atoms with E-state index in [4.69, 9.17) is 10.5 Å². The van der Waals surface area contributed by atoms with Gasteiger partial charge in [0.1, 0.15) is 5.60 Å². The van der Waals surface area contributed by atoms with E-state index >= 15 is 0 Å². The van der Waals surface area contributed by atoms with Crippen LogP contribution >= 0.6 is 0 Å². The first-order chi connectivity index (χ1) is 8.87. The summed E-state index contributed by atoms with van der Waals surface area (Å²) in [5.74, 6) is 0. The summed E-state index contributed by atoms with van der Waals surface area (Å²) in [7, 11) is 0. The molecular formula is C15H22N2O2. The maximum absolute atomic E-state index is 12.2. The van der Waals surface area contributed by atoms with Gasteiger partial charge in [0.15, 0.2) is 0 Å². The summed E-state index contributed by atoms with van der Waals surface area (Å²) in [6.07, 6.45) is 1.72. The second-order valence-electron chi connectivity index (χ2n) is 6.00. The quantitative estimate of drug-likeness (QED) is 0.790. The van der Waals surface area contributed by atoms with E-state index in [1.807, 2.05) is 45.0 Å². The number of nitrogens with two attached hydrogens (primary N) is 1. The summed E-state index contributed by atoms with van der Waals surface area (Å²) in [6.45, 7) is 6.40. The molecule has 104 valence electrons. The number of benzene rings is 1. The molecule has 0 saturated carbocycles. The topological polar surface area (TPSA) is 55.6 Å². The molecule has 1 fully saturated rings. The largest absolute Gasteiger partial charge is 0.444 e. The van der Waals surface area contributed by atoms with Gasteiger partial charge in [-0.05, 0) is 51.3 Å². The smallest absolute Gasteiger partial charge is 0.410 e. The van der Waals surface area contributed by atoms with E-state index in [0.717, 1.165) is 30.6 Å². The molecule has 0 aromatic heterocycles. The van der Waals surface area contributed by atoms with Gasteiger partial charge in [0.25, 0.3) is 0 Å². The van der Waals surface area contributed by atoms with Crippen molar-refractivity contribution in [1.82, 2.24) is 4.90 Å². The van der Waals surface area contributed by atoms with Gasteiger partial charge in [-0.1, -0.05) is 12.1 Å². The molecule has 1 atom stereocenters. The Morgan fingerprint density at radius 1 is 1.42 bits per heavy atom. The minimum atomic E-state index is -0.458. The van der Waals surface area contributed by atoms with Crippen LogP contribution in [-0.2, 0) is 4.74 Å². The Bertz CT molecular complexity index is 465. The third-order valence-electron chi connectivity index (χ3n) is 3.18. The van der Waals surface area contributed by atoms with Gasteiger partial charge < -0.3 is 15.4 Å². The molecule has 1 amide bonds. The summed E-state index contributed by atoms with van der Waals surface area (Å²) >= 11 is 0. The first-order valence-electron chi connectivity index (χ1n) is 6.72. The lowest BCUT2D eigenvalue weighted by molar-refractivity contribution is 0.0224. The number of nitrogen functional groups attached to an aromatic ring is 1. The van der Waals surface area contributed by atoms with Gasteiger partial charge in [-0.15, -0.1) is 0 Å². The van der Waals surface area contributed by atoms with Crippen LogP contribution in [0.4, 0.5) is 10.5 Å². The highest BCUT2D eigenvalue weighted by atomic mass is 16.6. The Balaban J connectivity index is 2.15. The Hall–Kier alpha value is -1.71. The number of anilines is 1. The number of hydrogen-bond donors (Lipinski definition) is 1. The number of amides is 1. The Labute approximate surface area is 114 Å². The normalized spacial score (nSPS) is 19.5. The second-order valence-corrected chi connectivity index (χ2v) is 6.00. The predicted octanol–water partition coefficient (Wildman–Crippen LogP) is 3.34. The molecule has 0 radical (unpaired) electrons. The van der Waals surface area contributed by atoms with Crippen LogP contribution in [0.2, 0.25) is 0 Å². The molecule has 1 aromatic rings. The Morgan fingerprint density at radius 3 is 2.79 bits per heavy atom. The second kappa shape index (κ2) is 5.11. The molecule has 2 rings (SSSR count). The van der Waals surface area contributed by atoms with Gasteiger partial charge >= 0.3 is 6.09 Å². The summed E-state index contributed by atoms with van der Waals surface area (Å²) in [5.41, 5.74) is 7.17. The Morgan fingerprint density at radius 2 is 2.16 bits per heavy atom. The minimum Gasteiger partial charge on any atom is -0.444 e. The van der Waals surface area contributed by atoms with Crippen molar-refractivity contribution >= 4 is 11.8 Å². The van der Waals surface area contributed by atoms with Gasteiger partial charge in [0, 0.05) is 12.2 Å². The molecule has 1 aliphatic heterocycles. The molecule has 1 aliphatic rings. The van der Waals surface area contributed by atoms with Gasteiger partial charge in [0.05, 0.1) is 6.04 Å². The molecule has 0 bridgehead atoms. The summed E-state index contributed by atoms with van der Waals surface area (Å²) in [6, 6.07) is 7.82. The third kappa shape index (κ3) is 3.40. The average Bonchev–Trinajstić information content (AvgIpc) is 2.75. The molecule has 0 aliphatic carbocycles. The van der Waals surface area contributed by atoms with E-state index in [1.165, 1.54) is 0 Å². The van der Waals surface area contributed by atoms with Crippen LogP contribution in [0, 0.1) is 0 Å². The maximum atomic E-state index is 12.2. The van der Waals surface area contributed by atoms with E-state index in [1.54, 1.807) is 4.90 Å². The first kappa shape index (κ1) is 13.7. The zero-order valence-electron chi connectivity index (χ0n) is 11.8. The van der Waals surface area contributed by atoms with E-state index in [0.29, 0.717) is 0 Å². The van der Waals surface area contributed by atoms with Crippen LogP contribution < -0.4 is 5.73 Å². The fraction of sp³-hybridized carbons (Fsp3) is 0.533. The number of carbonyl (C=O) groups excluding carboxylic acids is 1. The molecule has 4 nitrogen and oxygen atoms in total. The molecular weight excluding hydrogens is 240 g/mol. The van der Waals surface area contributed by atoms with Crippen molar-refractivity contribution in [1.29, 1.82) is 0 Å². The van der Waals surface area contributed by atoms with E-state index in [9.17, 15) is 4.79 Å². The number of likely N-dealkylation sites (tertiary alicyclic amines) is 1. The van der Waals surface area contributed by atoms with Crippen molar-refractivity contribution in [2.75, 3.05) is 12.3 Å². The molecule has 1 saturated heterocycles. The van der Waals surface area contributed by atoms with Crippen LogP contribution in [0.25, 0.3) is 0 Å². The summed E-state index contributed by atoms with van der Waals surface area (Å²) in [5, 5.41) is 0. The van der Waals surface area contributed by atoms with Crippen molar-refractivity contribution in [3.05, 3.63) is 29.8 Å². The SMILES string of the molecule is CC(C)(C)OC(=O)N1CCCC1c1cccc(N)c1. The van der Waals surface area contributed by atoms with E-state index < -0.39 is 5.60 Å². The van der Waals surface area contributed by atoms with Crippen LogP contribution in [0.1, 0.15) is 45.2 Å². The number of nitrogens with zero attached hydrogens (tertiary/aromatic N) is 1. The van der Waals surface area contributed by atoms with E-state index in [-0.39, 0.29) is 12.1 Å².